The van der Waals surface area contributed by atoms with E-state index in [0.717, 1.165) is 29.7 Å². The number of aryl methyl sites for hydroxylation is 1. The van der Waals surface area contributed by atoms with Gasteiger partial charge in [0.25, 0.3) is 5.56 Å². The first kappa shape index (κ1) is 23.3. The fourth-order valence-corrected chi connectivity index (χ4v) is 4.51. The monoisotopic (exact) mass is 477 g/mol. The van der Waals surface area contributed by atoms with E-state index in [0.29, 0.717) is 18.0 Å². The smallest absolute Gasteiger partial charge is 0.376 e. The SMILES string of the molecule is CCO[C@H]1Cc2ccccc2C1Nc1c(C)nc(-c2ccc(C(F)(F)F)cc2Cl)n(C)c1=O. The van der Waals surface area contributed by atoms with E-state index in [1.165, 1.54) is 17.7 Å². The van der Waals surface area contributed by atoms with Gasteiger partial charge in [-0.1, -0.05) is 35.9 Å². The van der Waals surface area contributed by atoms with E-state index in [4.69, 9.17) is 16.3 Å². The van der Waals surface area contributed by atoms with Crippen molar-refractivity contribution in [1.82, 2.24) is 9.55 Å². The Hall–Kier alpha value is -2.84. The summed E-state index contributed by atoms with van der Waals surface area (Å²) in [6, 6.07) is 10.7. The fraction of sp³-hybridized carbons (Fsp3) is 0.333. The van der Waals surface area contributed by atoms with Gasteiger partial charge in [-0.3, -0.25) is 9.36 Å². The van der Waals surface area contributed by atoms with Gasteiger partial charge in [-0.15, -0.1) is 0 Å². The lowest BCUT2D eigenvalue weighted by Crippen LogP contribution is -2.31. The standard InChI is InChI=1S/C24H23ClF3N3O2/c1-4-33-19-11-14-7-5-6-8-16(14)21(19)30-20-13(2)29-22(31(3)23(20)32)17-10-9-15(12-18(17)25)24(26,27)28/h5-10,12,19,21,30H,4,11H2,1-3H3/t19-,21?/m0/s1. The molecule has 1 aromatic heterocycles. The zero-order chi connectivity index (χ0) is 23.9. The van der Waals surface area contributed by atoms with Crippen LogP contribution in [0.2, 0.25) is 5.02 Å². The highest BCUT2D eigenvalue weighted by Gasteiger charge is 2.34. The number of hydrogen-bond donors (Lipinski definition) is 1. The van der Waals surface area contributed by atoms with Crippen molar-refractivity contribution in [3.05, 3.63) is 80.2 Å². The Morgan fingerprint density at radius 3 is 2.64 bits per heavy atom. The van der Waals surface area contributed by atoms with Crippen molar-refractivity contribution in [3.8, 4) is 11.4 Å². The van der Waals surface area contributed by atoms with Crippen LogP contribution in [0.5, 0.6) is 0 Å². The molecule has 4 rings (SSSR count). The van der Waals surface area contributed by atoms with Crippen molar-refractivity contribution in [1.29, 1.82) is 0 Å². The zero-order valence-electron chi connectivity index (χ0n) is 18.3. The van der Waals surface area contributed by atoms with Crippen molar-refractivity contribution >= 4 is 17.3 Å². The lowest BCUT2D eigenvalue weighted by molar-refractivity contribution is -0.137. The molecule has 0 amide bonds. The Morgan fingerprint density at radius 1 is 1.24 bits per heavy atom. The first-order chi connectivity index (χ1) is 15.6. The van der Waals surface area contributed by atoms with Gasteiger partial charge in [0.2, 0.25) is 0 Å². The van der Waals surface area contributed by atoms with Gasteiger partial charge in [-0.05, 0) is 43.2 Å². The topological polar surface area (TPSA) is 56.1 Å². The number of rotatable bonds is 5. The normalized spacial score (nSPS) is 17.8. The molecule has 33 heavy (non-hydrogen) atoms. The van der Waals surface area contributed by atoms with E-state index >= 15 is 0 Å². The molecule has 1 N–H and O–H groups in total. The third-order valence-corrected chi connectivity index (χ3v) is 6.19. The number of fused-ring (bicyclic) bond motifs is 1. The summed E-state index contributed by atoms with van der Waals surface area (Å²) < 4.78 is 46.2. The summed E-state index contributed by atoms with van der Waals surface area (Å²) in [6.45, 7) is 4.15. The van der Waals surface area contributed by atoms with E-state index in [1.807, 2.05) is 31.2 Å². The molecule has 0 saturated heterocycles. The second kappa shape index (κ2) is 8.83. The average molecular weight is 478 g/mol. The maximum absolute atomic E-state index is 13.3. The fourth-order valence-electron chi connectivity index (χ4n) is 4.24. The lowest BCUT2D eigenvalue weighted by atomic mass is 10.1. The van der Waals surface area contributed by atoms with Gasteiger partial charge in [0, 0.05) is 25.6 Å². The van der Waals surface area contributed by atoms with Crippen LogP contribution in [0.25, 0.3) is 11.4 Å². The molecular formula is C24H23ClF3N3O2. The molecule has 1 heterocycles. The Bertz CT molecular complexity index is 1260. The number of anilines is 1. The van der Waals surface area contributed by atoms with Gasteiger partial charge in [-0.2, -0.15) is 13.2 Å². The molecule has 1 unspecified atom stereocenters. The molecular weight excluding hydrogens is 455 g/mol. The summed E-state index contributed by atoms with van der Waals surface area (Å²) in [7, 11) is 1.52. The number of nitrogens with one attached hydrogen (secondary N) is 1. The number of ether oxygens (including phenoxy) is 1. The summed E-state index contributed by atoms with van der Waals surface area (Å²) in [6.07, 6.45) is -3.92. The number of hydrogen-bond acceptors (Lipinski definition) is 4. The Labute approximate surface area is 194 Å². The molecule has 0 saturated carbocycles. The van der Waals surface area contributed by atoms with Gasteiger partial charge >= 0.3 is 6.18 Å². The number of benzene rings is 2. The van der Waals surface area contributed by atoms with E-state index in [9.17, 15) is 18.0 Å². The van der Waals surface area contributed by atoms with Crippen molar-refractivity contribution in [2.75, 3.05) is 11.9 Å². The maximum Gasteiger partial charge on any atom is 0.416 e. The minimum Gasteiger partial charge on any atom is -0.376 e. The van der Waals surface area contributed by atoms with Gasteiger partial charge in [0.05, 0.1) is 28.4 Å². The lowest BCUT2D eigenvalue weighted by Gasteiger charge is -2.24. The highest BCUT2D eigenvalue weighted by atomic mass is 35.5. The van der Waals surface area contributed by atoms with Crippen molar-refractivity contribution in [2.24, 2.45) is 7.05 Å². The molecule has 1 aliphatic rings. The molecule has 0 fully saturated rings. The Balaban J connectivity index is 1.73. The molecule has 0 aliphatic heterocycles. The van der Waals surface area contributed by atoms with E-state index in [1.54, 1.807) is 6.92 Å². The summed E-state index contributed by atoms with van der Waals surface area (Å²) in [4.78, 5) is 17.8. The van der Waals surface area contributed by atoms with Crippen molar-refractivity contribution in [2.45, 2.75) is 38.6 Å². The quantitative estimate of drug-likeness (QED) is 0.524. The molecule has 1 aliphatic carbocycles. The minimum atomic E-state index is -4.51. The van der Waals surface area contributed by atoms with Crippen LogP contribution in [0, 0.1) is 6.92 Å². The molecule has 2 atom stereocenters. The van der Waals surface area contributed by atoms with Crippen LogP contribution in [0.4, 0.5) is 18.9 Å². The van der Waals surface area contributed by atoms with Crippen LogP contribution in [0.1, 0.15) is 35.3 Å². The van der Waals surface area contributed by atoms with Crippen LogP contribution < -0.4 is 10.9 Å². The molecule has 3 aromatic rings. The second-order valence-corrected chi connectivity index (χ2v) is 8.38. The largest absolute Gasteiger partial charge is 0.416 e. The number of nitrogens with zero attached hydrogens (tertiary/aromatic N) is 2. The number of halogens is 4. The van der Waals surface area contributed by atoms with Crippen molar-refractivity contribution in [3.63, 3.8) is 0 Å². The van der Waals surface area contributed by atoms with Gasteiger partial charge in [0.15, 0.2) is 0 Å². The maximum atomic E-state index is 13.3. The third kappa shape index (κ3) is 4.37. The third-order valence-electron chi connectivity index (χ3n) is 5.87. The molecule has 174 valence electrons. The van der Waals surface area contributed by atoms with Crippen molar-refractivity contribution < 1.29 is 17.9 Å². The summed E-state index contributed by atoms with van der Waals surface area (Å²) in [5.41, 5.74) is 1.99. The molecule has 0 radical (unpaired) electrons. The predicted octanol–water partition coefficient (Wildman–Crippen LogP) is 5.54. The molecule has 0 bridgehead atoms. The highest BCUT2D eigenvalue weighted by Crippen LogP contribution is 2.37. The van der Waals surface area contributed by atoms with Gasteiger partial charge in [-0.25, -0.2) is 4.98 Å². The summed E-state index contributed by atoms with van der Waals surface area (Å²) in [5.74, 6) is 0.190. The summed E-state index contributed by atoms with van der Waals surface area (Å²) >= 11 is 6.15. The Kier molecular flexibility index (Phi) is 6.24. The van der Waals surface area contributed by atoms with Crippen LogP contribution in [-0.4, -0.2) is 22.3 Å². The first-order valence-electron chi connectivity index (χ1n) is 10.5. The predicted molar refractivity (Wildman–Crippen MR) is 122 cm³/mol. The van der Waals surface area contributed by atoms with Crippen LogP contribution in [0.15, 0.2) is 47.3 Å². The molecule has 9 heteroatoms. The summed E-state index contributed by atoms with van der Waals surface area (Å²) in [5, 5.41) is 3.20. The van der Waals surface area contributed by atoms with Crippen LogP contribution >= 0.6 is 11.6 Å². The highest BCUT2D eigenvalue weighted by molar-refractivity contribution is 6.33. The molecule has 0 spiro atoms. The van der Waals surface area contributed by atoms with Gasteiger partial charge in [0.1, 0.15) is 11.5 Å². The molecule has 5 nitrogen and oxygen atoms in total. The average Bonchev–Trinajstić information content (AvgIpc) is 3.10. The van der Waals surface area contributed by atoms with E-state index in [2.05, 4.69) is 10.3 Å². The first-order valence-corrected chi connectivity index (χ1v) is 10.9. The number of aromatic nitrogens is 2. The van der Waals surface area contributed by atoms with E-state index in [-0.39, 0.29) is 34.1 Å². The molecule has 2 aromatic carbocycles. The zero-order valence-corrected chi connectivity index (χ0v) is 19.1. The van der Waals surface area contributed by atoms with E-state index < -0.39 is 11.7 Å². The van der Waals surface area contributed by atoms with Gasteiger partial charge < -0.3 is 10.1 Å². The number of alkyl halides is 3. The Morgan fingerprint density at radius 2 is 1.97 bits per heavy atom. The minimum absolute atomic E-state index is 0.131. The van der Waals surface area contributed by atoms with Crippen LogP contribution in [0.3, 0.4) is 0 Å². The van der Waals surface area contributed by atoms with Crippen LogP contribution in [-0.2, 0) is 24.4 Å². The second-order valence-electron chi connectivity index (χ2n) is 7.97.